The number of nitrogens with one attached hydrogen (secondary N) is 1. The minimum Gasteiger partial charge on any atom is -0.310 e. The molecule has 1 aromatic rings. The van der Waals surface area contributed by atoms with E-state index in [1.54, 1.807) is 0 Å². The predicted octanol–water partition coefficient (Wildman–Crippen LogP) is 3.55. The van der Waals surface area contributed by atoms with Gasteiger partial charge in [0, 0.05) is 12.6 Å². The standard InChI is InChI=1S/C15H22BrFN2/c1-2-7-19-8-5-13(6-9-19)18-11-12-3-4-15(17)14(16)10-12/h3-4,10,13,18H,2,5-9,11H2,1H3. The van der Waals surface area contributed by atoms with Crippen LogP contribution >= 0.6 is 15.9 Å². The van der Waals surface area contributed by atoms with Crippen molar-refractivity contribution in [3.05, 3.63) is 34.1 Å². The molecule has 1 saturated heterocycles. The molecule has 0 radical (unpaired) electrons. The number of piperidine rings is 1. The van der Waals surface area contributed by atoms with Crippen LogP contribution in [0.4, 0.5) is 4.39 Å². The zero-order valence-electron chi connectivity index (χ0n) is 11.5. The first-order chi connectivity index (χ1) is 9.19. The summed E-state index contributed by atoms with van der Waals surface area (Å²) >= 11 is 3.23. The number of nitrogens with zero attached hydrogens (tertiary/aromatic N) is 1. The van der Waals surface area contributed by atoms with Gasteiger partial charge < -0.3 is 10.2 Å². The summed E-state index contributed by atoms with van der Waals surface area (Å²) in [6, 6.07) is 5.82. The lowest BCUT2D eigenvalue weighted by Crippen LogP contribution is -2.42. The van der Waals surface area contributed by atoms with Gasteiger partial charge in [0.05, 0.1) is 4.47 Å². The third-order valence-electron chi connectivity index (χ3n) is 3.71. The highest BCUT2D eigenvalue weighted by atomic mass is 79.9. The Morgan fingerprint density at radius 1 is 1.37 bits per heavy atom. The maximum Gasteiger partial charge on any atom is 0.137 e. The number of benzene rings is 1. The van der Waals surface area contributed by atoms with Crippen molar-refractivity contribution in [1.82, 2.24) is 10.2 Å². The van der Waals surface area contributed by atoms with Crippen molar-refractivity contribution in [2.45, 2.75) is 38.8 Å². The lowest BCUT2D eigenvalue weighted by molar-refractivity contribution is 0.197. The molecule has 0 bridgehead atoms. The quantitative estimate of drug-likeness (QED) is 0.889. The molecule has 0 aromatic heterocycles. The van der Waals surface area contributed by atoms with Gasteiger partial charge in [0.2, 0.25) is 0 Å². The van der Waals surface area contributed by atoms with Gasteiger partial charge in [-0.1, -0.05) is 13.0 Å². The van der Waals surface area contributed by atoms with Gasteiger partial charge in [0.1, 0.15) is 5.82 Å². The van der Waals surface area contributed by atoms with Crippen LogP contribution in [-0.2, 0) is 6.54 Å². The fourth-order valence-electron chi connectivity index (χ4n) is 2.59. The molecule has 0 amide bonds. The fourth-order valence-corrected chi connectivity index (χ4v) is 3.01. The van der Waals surface area contributed by atoms with E-state index in [-0.39, 0.29) is 5.82 Å². The average molecular weight is 329 g/mol. The van der Waals surface area contributed by atoms with Crippen LogP contribution in [-0.4, -0.2) is 30.6 Å². The highest BCUT2D eigenvalue weighted by Crippen LogP contribution is 2.17. The third kappa shape index (κ3) is 4.55. The lowest BCUT2D eigenvalue weighted by atomic mass is 10.0. The molecule has 19 heavy (non-hydrogen) atoms. The van der Waals surface area contributed by atoms with Crippen LogP contribution in [0.5, 0.6) is 0 Å². The Morgan fingerprint density at radius 2 is 2.11 bits per heavy atom. The van der Waals surface area contributed by atoms with E-state index in [1.807, 2.05) is 12.1 Å². The van der Waals surface area contributed by atoms with Crippen molar-refractivity contribution in [2.24, 2.45) is 0 Å². The number of hydrogen-bond acceptors (Lipinski definition) is 2. The van der Waals surface area contributed by atoms with Crippen LogP contribution < -0.4 is 5.32 Å². The summed E-state index contributed by atoms with van der Waals surface area (Å²) in [4.78, 5) is 2.53. The van der Waals surface area contributed by atoms with Gasteiger partial charge in [-0.2, -0.15) is 0 Å². The Labute approximate surface area is 123 Å². The minimum atomic E-state index is -0.198. The van der Waals surface area contributed by atoms with Crippen LogP contribution in [0.1, 0.15) is 31.7 Å². The first-order valence-electron chi connectivity index (χ1n) is 7.08. The van der Waals surface area contributed by atoms with E-state index < -0.39 is 0 Å². The Balaban J connectivity index is 1.75. The molecule has 0 unspecified atom stereocenters. The monoisotopic (exact) mass is 328 g/mol. The summed E-state index contributed by atoms with van der Waals surface area (Å²) in [5.74, 6) is -0.198. The molecule has 106 valence electrons. The first-order valence-corrected chi connectivity index (χ1v) is 7.88. The second kappa shape index (κ2) is 7.36. The topological polar surface area (TPSA) is 15.3 Å². The van der Waals surface area contributed by atoms with E-state index >= 15 is 0 Å². The molecule has 1 aliphatic rings. The number of halogens is 2. The molecule has 2 rings (SSSR count). The number of likely N-dealkylation sites (tertiary alicyclic amines) is 1. The summed E-state index contributed by atoms with van der Waals surface area (Å²) in [6.07, 6.45) is 3.66. The third-order valence-corrected chi connectivity index (χ3v) is 4.31. The average Bonchev–Trinajstić information content (AvgIpc) is 2.42. The second-order valence-electron chi connectivity index (χ2n) is 5.25. The Kier molecular flexibility index (Phi) is 5.79. The molecule has 0 aliphatic carbocycles. The van der Waals surface area contributed by atoms with Crippen molar-refractivity contribution in [3.63, 3.8) is 0 Å². The molecule has 1 heterocycles. The van der Waals surface area contributed by atoms with E-state index in [2.05, 4.69) is 33.1 Å². The fraction of sp³-hybridized carbons (Fsp3) is 0.600. The Morgan fingerprint density at radius 3 is 2.74 bits per heavy atom. The smallest absolute Gasteiger partial charge is 0.137 e. The zero-order chi connectivity index (χ0) is 13.7. The molecule has 4 heteroatoms. The van der Waals surface area contributed by atoms with Crippen LogP contribution in [0, 0.1) is 5.82 Å². The largest absolute Gasteiger partial charge is 0.310 e. The zero-order valence-corrected chi connectivity index (χ0v) is 13.0. The summed E-state index contributed by atoms with van der Waals surface area (Å²) in [6.45, 7) is 6.66. The van der Waals surface area contributed by atoms with Crippen LogP contribution in [0.3, 0.4) is 0 Å². The van der Waals surface area contributed by atoms with Crippen LogP contribution in [0.15, 0.2) is 22.7 Å². The van der Waals surface area contributed by atoms with Gasteiger partial charge in [-0.15, -0.1) is 0 Å². The van der Waals surface area contributed by atoms with Crippen molar-refractivity contribution < 1.29 is 4.39 Å². The van der Waals surface area contributed by atoms with E-state index in [1.165, 1.54) is 45.0 Å². The molecule has 1 fully saturated rings. The molecule has 2 nitrogen and oxygen atoms in total. The highest BCUT2D eigenvalue weighted by Gasteiger charge is 2.17. The molecule has 0 spiro atoms. The van der Waals surface area contributed by atoms with Crippen molar-refractivity contribution >= 4 is 15.9 Å². The van der Waals surface area contributed by atoms with E-state index in [4.69, 9.17) is 0 Å². The molecule has 0 saturated carbocycles. The van der Waals surface area contributed by atoms with Gasteiger partial charge in [0.25, 0.3) is 0 Å². The summed E-state index contributed by atoms with van der Waals surface area (Å²) in [5, 5.41) is 3.58. The second-order valence-corrected chi connectivity index (χ2v) is 6.10. The minimum absolute atomic E-state index is 0.198. The molecule has 1 aromatic carbocycles. The van der Waals surface area contributed by atoms with Crippen LogP contribution in [0.25, 0.3) is 0 Å². The summed E-state index contributed by atoms with van der Waals surface area (Å²) in [5.41, 5.74) is 1.13. The summed E-state index contributed by atoms with van der Waals surface area (Å²) in [7, 11) is 0. The summed E-state index contributed by atoms with van der Waals surface area (Å²) < 4.78 is 13.7. The Bertz CT molecular complexity index is 403. The number of rotatable bonds is 5. The maximum absolute atomic E-state index is 13.1. The lowest BCUT2D eigenvalue weighted by Gasteiger charge is -2.32. The molecule has 0 atom stereocenters. The van der Waals surface area contributed by atoms with Crippen molar-refractivity contribution in [3.8, 4) is 0 Å². The van der Waals surface area contributed by atoms with Crippen LogP contribution in [0.2, 0.25) is 0 Å². The first kappa shape index (κ1) is 14.9. The Hall–Kier alpha value is -0.450. The van der Waals surface area contributed by atoms with Gasteiger partial charge >= 0.3 is 0 Å². The van der Waals surface area contributed by atoms with Gasteiger partial charge in [0.15, 0.2) is 0 Å². The van der Waals surface area contributed by atoms with Gasteiger partial charge in [-0.3, -0.25) is 0 Å². The maximum atomic E-state index is 13.1. The SMILES string of the molecule is CCCN1CCC(NCc2ccc(F)c(Br)c2)CC1. The van der Waals surface area contributed by atoms with Gasteiger partial charge in [-0.25, -0.2) is 4.39 Å². The predicted molar refractivity (Wildman–Crippen MR) is 80.7 cm³/mol. The molecule has 1 N–H and O–H groups in total. The molecular formula is C15H22BrFN2. The van der Waals surface area contributed by atoms with E-state index in [0.717, 1.165) is 12.1 Å². The normalized spacial score (nSPS) is 17.8. The van der Waals surface area contributed by atoms with E-state index in [0.29, 0.717) is 10.5 Å². The van der Waals surface area contributed by atoms with Crippen molar-refractivity contribution in [2.75, 3.05) is 19.6 Å². The van der Waals surface area contributed by atoms with E-state index in [9.17, 15) is 4.39 Å². The highest BCUT2D eigenvalue weighted by molar-refractivity contribution is 9.10. The van der Waals surface area contributed by atoms with Crippen molar-refractivity contribution in [1.29, 1.82) is 0 Å². The van der Waals surface area contributed by atoms with Gasteiger partial charge in [-0.05, 0) is 72.5 Å². The number of hydrogen-bond donors (Lipinski definition) is 1. The molecular weight excluding hydrogens is 307 g/mol. The molecule has 1 aliphatic heterocycles.